The number of hydrogen-bond donors (Lipinski definition) is 0. The lowest BCUT2D eigenvalue weighted by atomic mass is 10.2. The second-order valence-electron chi connectivity index (χ2n) is 6.67. The summed E-state index contributed by atoms with van der Waals surface area (Å²) in [7, 11) is -0.406. The van der Waals surface area contributed by atoms with Crippen LogP contribution in [0.3, 0.4) is 0 Å². The Balaban J connectivity index is 2.20. The van der Waals surface area contributed by atoms with Crippen LogP contribution in [0.2, 0.25) is 19.6 Å². The van der Waals surface area contributed by atoms with Crippen molar-refractivity contribution < 1.29 is 18.7 Å². The molecule has 0 saturated heterocycles. The maximum absolute atomic E-state index is 11.5. The van der Waals surface area contributed by atoms with Gasteiger partial charge in [0.25, 0.3) is 0 Å². The van der Waals surface area contributed by atoms with Crippen LogP contribution in [0.1, 0.15) is 15.9 Å². The number of rotatable bonds is 7. The van der Waals surface area contributed by atoms with Gasteiger partial charge in [-0.1, -0.05) is 15.9 Å². The van der Waals surface area contributed by atoms with Crippen molar-refractivity contribution in [1.29, 1.82) is 0 Å². The fourth-order valence-corrected chi connectivity index (χ4v) is 3.28. The maximum Gasteiger partial charge on any atom is 0.337 e. The van der Waals surface area contributed by atoms with Crippen LogP contribution in [0.15, 0.2) is 64.4 Å². The van der Waals surface area contributed by atoms with Gasteiger partial charge in [-0.15, -0.1) is 0 Å². The Morgan fingerprint density at radius 1 is 1.15 bits per heavy atom. The summed E-state index contributed by atoms with van der Waals surface area (Å²) in [5, 5.41) is 0. The highest BCUT2D eigenvalue weighted by Crippen LogP contribution is 2.27. The fourth-order valence-electron chi connectivity index (χ4n) is 2.14. The molecule has 0 unspecified atom stereocenters. The molecule has 0 N–H and O–H groups in total. The molecule has 0 aliphatic heterocycles. The summed E-state index contributed by atoms with van der Waals surface area (Å²) in [4.78, 5) is 15.8. The SMILES string of the molecule is C=C(/N=C/c1cc(Br)ccc1Oc1ccc(C(=O)OC)cc1)O[Si](C)(C)C. The lowest BCUT2D eigenvalue weighted by molar-refractivity contribution is 0.0600. The average molecular weight is 448 g/mol. The number of ether oxygens (including phenoxy) is 2. The van der Waals surface area contributed by atoms with Gasteiger partial charge >= 0.3 is 5.97 Å². The van der Waals surface area contributed by atoms with E-state index in [0.717, 1.165) is 10.0 Å². The van der Waals surface area contributed by atoms with Crippen molar-refractivity contribution in [2.45, 2.75) is 19.6 Å². The number of hydrogen-bond acceptors (Lipinski definition) is 5. The van der Waals surface area contributed by atoms with E-state index >= 15 is 0 Å². The Hall–Kier alpha value is -2.38. The van der Waals surface area contributed by atoms with Gasteiger partial charge in [0.05, 0.1) is 12.7 Å². The summed E-state index contributed by atoms with van der Waals surface area (Å²) >= 11 is 3.46. The standard InChI is InChI=1S/C20H22BrNO4Si/c1-14(26-27(3,4)5)22-13-16-12-17(21)8-11-19(16)25-18-9-6-15(7-10-18)20(23)24-2/h6-13H,1H2,2-5H3/b22-13+. The van der Waals surface area contributed by atoms with Crippen molar-refractivity contribution in [3.63, 3.8) is 0 Å². The molecule has 0 radical (unpaired) electrons. The van der Waals surface area contributed by atoms with Gasteiger partial charge in [-0.05, 0) is 68.7 Å². The van der Waals surface area contributed by atoms with Gasteiger partial charge in [-0.25, -0.2) is 9.79 Å². The predicted octanol–water partition coefficient (Wildman–Crippen LogP) is 5.77. The van der Waals surface area contributed by atoms with Crippen LogP contribution in [-0.2, 0) is 9.16 Å². The molecule has 0 atom stereocenters. The largest absolute Gasteiger partial charge is 0.532 e. The lowest BCUT2D eigenvalue weighted by Crippen LogP contribution is -2.24. The zero-order chi connectivity index (χ0) is 20.0. The minimum Gasteiger partial charge on any atom is -0.532 e. The molecule has 7 heteroatoms. The topological polar surface area (TPSA) is 57.1 Å². The second kappa shape index (κ2) is 9.01. The molecular weight excluding hydrogens is 426 g/mol. The smallest absolute Gasteiger partial charge is 0.337 e. The molecule has 2 rings (SSSR count). The van der Waals surface area contributed by atoms with Gasteiger partial charge in [0, 0.05) is 16.3 Å². The van der Waals surface area contributed by atoms with Crippen molar-refractivity contribution in [3.05, 3.63) is 70.5 Å². The van der Waals surface area contributed by atoms with Crippen molar-refractivity contribution >= 4 is 36.4 Å². The van der Waals surface area contributed by atoms with Crippen molar-refractivity contribution in [3.8, 4) is 11.5 Å². The van der Waals surface area contributed by atoms with Gasteiger partial charge in [0.1, 0.15) is 11.5 Å². The first kappa shape index (κ1) is 20.9. The van der Waals surface area contributed by atoms with Crippen LogP contribution < -0.4 is 4.74 Å². The molecule has 0 bridgehead atoms. The molecule has 0 aliphatic carbocycles. The molecule has 2 aromatic carbocycles. The van der Waals surface area contributed by atoms with Crippen LogP contribution >= 0.6 is 15.9 Å². The lowest BCUT2D eigenvalue weighted by Gasteiger charge is -2.18. The molecule has 0 fully saturated rings. The van der Waals surface area contributed by atoms with E-state index in [1.807, 2.05) is 18.2 Å². The summed E-state index contributed by atoms with van der Waals surface area (Å²) in [6, 6.07) is 12.3. The van der Waals surface area contributed by atoms with Crippen LogP contribution in [0, 0.1) is 0 Å². The highest BCUT2D eigenvalue weighted by molar-refractivity contribution is 9.10. The van der Waals surface area contributed by atoms with Crippen LogP contribution in [0.25, 0.3) is 0 Å². The predicted molar refractivity (Wildman–Crippen MR) is 113 cm³/mol. The molecule has 142 valence electrons. The van der Waals surface area contributed by atoms with Crippen LogP contribution in [0.5, 0.6) is 11.5 Å². The molecule has 0 aliphatic rings. The number of methoxy groups -OCH3 is 1. The van der Waals surface area contributed by atoms with E-state index in [-0.39, 0.29) is 5.97 Å². The third-order valence-corrected chi connectivity index (χ3v) is 4.59. The quantitative estimate of drug-likeness (QED) is 0.234. The molecular formula is C20H22BrNO4Si. The van der Waals surface area contributed by atoms with E-state index in [0.29, 0.717) is 22.9 Å². The van der Waals surface area contributed by atoms with Crippen molar-refractivity contribution in [2.75, 3.05) is 7.11 Å². The Kier molecular flexibility index (Phi) is 6.98. The highest BCUT2D eigenvalue weighted by Gasteiger charge is 2.16. The fraction of sp³-hybridized carbons (Fsp3) is 0.200. The number of benzene rings is 2. The number of esters is 1. The van der Waals surface area contributed by atoms with Gasteiger partial charge in [0.15, 0.2) is 5.88 Å². The second-order valence-corrected chi connectivity index (χ2v) is 12.0. The highest BCUT2D eigenvalue weighted by atomic mass is 79.9. The number of halogens is 1. The van der Waals surface area contributed by atoms with E-state index in [1.54, 1.807) is 30.5 Å². The van der Waals surface area contributed by atoms with E-state index in [9.17, 15) is 4.79 Å². The number of carbonyl (C=O) groups excluding carboxylic acids is 1. The average Bonchev–Trinajstić information content (AvgIpc) is 2.60. The first-order valence-corrected chi connectivity index (χ1v) is 12.5. The normalized spacial score (nSPS) is 11.3. The summed E-state index contributed by atoms with van der Waals surface area (Å²) in [6.07, 6.45) is 1.66. The van der Waals surface area contributed by atoms with E-state index in [1.165, 1.54) is 7.11 Å². The van der Waals surface area contributed by atoms with E-state index in [4.69, 9.17) is 13.9 Å². The Morgan fingerprint density at radius 3 is 2.41 bits per heavy atom. The summed E-state index contributed by atoms with van der Waals surface area (Å²) < 4.78 is 17.3. The summed E-state index contributed by atoms with van der Waals surface area (Å²) in [5.41, 5.74) is 1.23. The van der Waals surface area contributed by atoms with Gasteiger partial charge in [-0.3, -0.25) is 0 Å². The van der Waals surface area contributed by atoms with E-state index < -0.39 is 8.32 Å². The first-order chi connectivity index (χ1) is 12.7. The molecule has 0 aromatic heterocycles. The molecule has 27 heavy (non-hydrogen) atoms. The van der Waals surface area contributed by atoms with Crippen molar-refractivity contribution in [2.24, 2.45) is 4.99 Å². The minimum absolute atomic E-state index is 0.377. The van der Waals surface area contributed by atoms with E-state index in [2.05, 4.69) is 47.1 Å². The minimum atomic E-state index is -1.75. The molecule has 0 saturated carbocycles. The third-order valence-electron chi connectivity index (χ3n) is 3.25. The molecule has 2 aromatic rings. The van der Waals surface area contributed by atoms with Crippen LogP contribution in [-0.4, -0.2) is 27.6 Å². The van der Waals surface area contributed by atoms with Crippen molar-refractivity contribution in [1.82, 2.24) is 0 Å². The number of aliphatic imine (C=N–C) groups is 1. The van der Waals surface area contributed by atoms with Gasteiger partial charge in [-0.2, -0.15) is 0 Å². The number of carbonyl (C=O) groups is 1. The molecule has 0 amide bonds. The van der Waals surface area contributed by atoms with Crippen LogP contribution in [0.4, 0.5) is 0 Å². The Labute approximate surface area is 168 Å². The maximum atomic E-state index is 11.5. The third kappa shape index (κ3) is 6.69. The first-order valence-electron chi connectivity index (χ1n) is 8.26. The monoisotopic (exact) mass is 447 g/mol. The molecule has 0 spiro atoms. The summed E-state index contributed by atoms with van der Waals surface area (Å²) in [6.45, 7) is 10.1. The zero-order valence-electron chi connectivity index (χ0n) is 15.8. The number of nitrogens with zero attached hydrogens (tertiary/aromatic N) is 1. The van der Waals surface area contributed by atoms with Gasteiger partial charge < -0.3 is 13.9 Å². The molecule has 0 heterocycles. The van der Waals surface area contributed by atoms with Gasteiger partial charge in [0.2, 0.25) is 8.32 Å². The summed E-state index contributed by atoms with van der Waals surface area (Å²) in [5.74, 6) is 1.20. The zero-order valence-corrected chi connectivity index (χ0v) is 18.4. The Morgan fingerprint density at radius 2 is 1.81 bits per heavy atom. The molecule has 5 nitrogen and oxygen atoms in total. The Bertz CT molecular complexity index is 857.